The van der Waals surface area contributed by atoms with Crippen molar-refractivity contribution in [2.75, 3.05) is 18.4 Å². The van der Waals surface area contributed by atoms with Crippen LogP contribution in [0.25, 0.3) is 0 Å². The summed E-state index contributed by atoms with van der Waals surface area (Å²) in [4.78, 5) is 8.06. The van der Waals surface area contributed by atoms with Gasteiger partial charge in [0.05, 0.1) is 5.69 Å². The van der Waals surface area contributed by atoms with Crippen molar-refractivity contribution >= 4 is 5.95 Å². The topological polar surface area (TPSA) is 52.7 Å². The van der Waals surface area contributed by atoms with Gasteiger partial charge in [0.2, 0.25) is 5.95 Å². The molecule has 3 rings (SSSR count). The number of hydrogen-bond acceptors (Lipinski definition) is 3. The third-order valence-electron chi connectivity index (χ3n) is 3.88. The highest BCUT2D eigenvalue weighted by atomic mass is 15.1. The smallest absolute Gasteiger partial charge is 0.200 e. The number of imidazole rings is 1. The van der Waals surface area contributed by atoms with Crippen LogP contribution in [0.5, 0.6) is 0 Å². The van der Waals surface area contributed by atoms with Crippen molar-refractivity contribution in [2.45, 2.75) is 51.0 Å². The van der Waals surface area contributed by atoms with Crippen molar-refractivity contribution in [3.05, 3.63) is 11.4 Å². The molecule has 1 aromatic rings. The van der Waals surface area contributed by atoms with Gasteiger partial charge in [0.25, 0.3) is 0 Å². The minimum Gasteiger partial charge on any atom is -0.354 e. The lowest BCUT2D eigenvalue weighted by atomic mass is 10.0. The molecule has 2 heterocycles. The van der Waals surface area contributed by atoms with Gasteiger partial charge in [-0.2, -0.15) is 0 Å². The van der Waals surface area contributed by atoms with E-state index < -0.39 is 0 Å². The van der Waals surface area contributed by atoms with Crippen LogP contribution in [0.4, 0.5) is 5.95 Å². The number of hydrogen-bond donors (Lipinski definition) is 3. The predicted molar refractivity (Wildman–Crippen MR) is 69.4 cm³/mol. The van der Waals surface area contributed by atoms with Crippen LogP contribution < -0.4 is 10.6 Å². The molecule has 1 fully saturated rings. The first-order valence-electron chi connectivity index (χ1n) is 6.97. The van der Waals surface area contributed by atoms with Gasteiger partial charge >= 0.3 is 0 Å². The first kappa shape index (κ1) is 11.1. The van der Waals surface area contributed by atoms with Gasteiger partial charge in [0, 0.05) is 18.3 Å². The molecule has 0 spiro atoms. The Morgan fingerprint density at radius 2 is 2.12 bits per heavy atom. The SMILES string of the molecule is C1CCC(CNc2nc3c([nH]2)CCCC3)NC1. The van der Waals surface area contributed by atoms with Gasteiger partial charge in [-0.15, -0.1) is 0 Å². The molecule has 1 unspecified atom stereocenters. The molecule has 1 aliphatic heterocycles. The van der Waals surface area contributed by atoms with Crippen molar-refractivity contribution in [1.82, 2.24) is 15.3 Å². The van der Waals surface area contributed by atoms with Crippen molar-refractivity contribution in [3.63, 3.8) is 0 Å². The molecule has 0 saturated carbocycles. The van der Waals surface area contributed by atoms with E-state index in [2.05, 4.69) is 20.6 Å². The van der Waals surface area contributed by atoms with Gasteiger partial charge in [-0.05, 0) is 45.1 Å². The Morgan fingerprint density at radius 3 is 2.94 bits per heavy atom. The monoisotopic (exact) mass is 234 g/mol. The molecule has 94 valence electrons. The summed E-state index contributed by atoms with van der Waals surface area (Å²) in [6, 6.07) is 0.617. The second-order valence-corrected chi connectivity index (χ2v) is 5.25. The second-order valence-electron chi connectivity index (χ2n) is 5.25. The zero-order valence-corrected chi connectivity index (χ0v) is 10.4. The molecule has 4 heteroatoms. The van der Waals surface area contributed by atoms with E-state index in [-0.39, 0.29) is 0 Å². The fraction of sp³-hybridized carbons (Fsp3) is 0.769. The van der Waals surface area contributed by atoms with E-state index in [4.69, 9.17) is 0 Å². The van der Waals surface area contributed by atoms with Crippen LogP contribution in [0.3, 0.4) is 0 Å². The van der Waals surface area contributed by atoms with Crippen molar-refractivity contribution in [3.8, 4) is 0 Å². The molecule has 0 radical (unpaired) electrons. The third kappa shape index (κ3) is 2.63. The number of H-pyrrole nitrogens is 1. The Balaban J connectivity index is 1.55. The second kappa shape index (κ2) is 5.08. The highest BCUT2D eigenvalue weighted by molar-refractivity contribution is 5.32. The standard InChI is InChI=1S/C13H22N4/c1-2-7-12-11(6-1)16-13(17-12)15-9-10-5-3-4-8-14-10/h10,14H,1-9H2,(H2,15,16,17). The Hall–Kier alpha value is -1.03. The number of aromatic nitrogens is 2. The predicted octanol–water partition coefficient (Wildman–Crippen LogP) is 1.84. The maximum atomic E-state index is 4.64. The van der Waals surface area contributed by atoms with Crippen LogP contribution in [0.15, 0.2) is 0 Å². The van der Waals surface area contributed by atoms with E-state index in [1.165, 1.54) is 56.5 Å². The molecule has 1 aliphatic carbocycles. The lowest BCUT2D eigenvalue weighted by Crippen LogP contribution is -2.39. The van der Waals surface area contributed by atoms with E-state index in [0.717, 1.165) is 18.9 Å². The summed E-state index contributed by atoms with van der Waals surface area (Å²) in [5.74, 6) is 0.976. The summed E-state index contributed by atoms with van der Waals surface area (Å²) in [6.45, 7) is 2.16. The highest BCUT2D eigenvalue weighted by Gasteiger charge is 2.16. The van der Waals surface area contributed by atoms with Gasteiger partial charge in [-0.3, -0.25) is 0 Å². The minimum atomic E-state index is 0.617. The van der Waals surface area contributed by atoms with E-state index in [0.29, 0.717) is 6.04 Å². The average molecular weight is 234 g/mol. The van der Waals surface area contributed by atoms with Gasteiger partial charge < -0.3 is 15.6 Å². The van der Waals surface area contributed by atoms with Crippen molar-refractivity contribution < 1.29 is 0 Å². The quantitative estimate of drug-likeness (QED) is 0.748. The van der Waals surface area contributed by atoms with Crippen molar-refractivity contribution in [1.29, 1.82) is 0 Å². The molecular weight excluding hydrogens is 212 g/mol. The molecule has 0 amide bonds. The Kier molecular flexibility index (Phi) is 3.31. The zero-order valence-electron chi connectivity index (χ0n) is 10.4. The lowest BCUT2D eigenvalue weighted by molar-refractivity contribution is 0.414. The van der Waals surface area contributed by atoms with E-state index in [9.17, 15) is 0 Å². The number of fused-ring (bicyclic) bond motifs is 1. The summed E-state index contributed by atoms with van der Waals surface area (Å²) in [5.41, 5.74) is 2.64. The van der Waals surface area contributed by atoms with Crippen molar-refractivity contribution in [2.24, 2.45) is 0 Å². The zero-order chi connectivity index (χ0) is 11.5. The molecule has 0 aromatic carbocycles. The highest BCUT2D eigenvalue weighted by Crippen LogP contribution is 2.20. The number of rotatable bonds is 3. The van der Waals surface area contributed by atoms with Gasteiger partial charge in [-0.25, -0.2) is 4.98 Å². The Labute approximate surface area is 103 Å². The van der Waals surface area contributed by atoms with Gasteiger partial charge in [-0.1, -0.05) is 6.42 Å². The summed E-state index contributed by atoms with van der Waals surface area (Å²) in [7, 11) is 0. The fourth-order valence-corrected chi connectivity index (χ4v) is 2.86. The minimum absolute atomic E-state index is 0.617. The number of aromatic amines is 1. The first-order chi connectivity index (χ1) is 8.42. The van der Waals surface area contributed by atoms with Crippen LogP contribution in [0.2, 0.25) is 0 Å². The summed E-state index contributed by atoms with van der Waals surface area (Å²) in [5, 5.41) is 6.99. The number of nitrogens with zero attached hydrogens (tertiary/aromatic N) is 1. The van der Waals surface area contributed by atoms with Gasteiger partial charge in [0.1, 0.15) is 0 Å². The van der Waals surface area contributed by atoms with Crippen LogP contribution in [-0.2, 0) is 12.8 Å². The summed E-state index contributed by atoms with van der Waals surface area (Å²) >= 11 is 0. The number of piperidine rings is 1. The number of aryl methyl sites for hydroxylation is 2. The van der Waals surface area contributed by atoms with E-state index >= 15 is 0 Å². The molecule has 2 aliphatic rings. The normalized spacial score (nSPS) is 24.4. The van der Waals surface area contributed by atoms with Crippen LogP contribution in [-0.4, -0.2) is 29.1 Å². The maximum absolute atomic E-state index is 4.64. The van der Waals surface area contributed by atoms with Crippen LogP contribution >= 0.6 is 0 Å². The Bertz CT molecular complexity index is 342. The molecule has 17 heavy (non-hydrogen) atoms. The molecule has 0 bridgehead atoms. The lowest BCUT2D eigenvalue weighted by Gasteiger charge is -2.23. The number of anilines is 1. The molecular formula is C13H22N4. The maximum Gasteiger partial charge on any atom is 0.200 e. The van der Waals surface area contributed by atoms with E-state index in [1.807, 2.05) is 0 Å². The summed E-state index contributed by atoms with van der Waals surface area (Å²) < 4.78 is 0. The average Bonchev–Trinajstić information content (AvgIpc) is 2.80. The largest absolute Gasteiger partial charge is 0.354 e. The van der Waals surface area contributed by atoms with Gasteiger partial charge in [0.15, 0.2) is 0 Å². The van der Waals surface area contributed by atoms with Crippen LogP contribution in [0, 0.1) is 0 Å². The molecule has 1 atom stereocenters. The Morgan fingerprint density at radius 1 is 1.18 bits per heavy atom. The number of nitrogens with one attached hydrogen (secondary N) is 3. The molecule has 1 aromatic heterocycles. The molecule has 3 N–H and O–H groups in total. The molecule has 1 saturated heterocycles. The first-order valence-corrected chi connectivity index (χ1v) is 6.97. The molecule has 4 nitrogen and oxygen atoms in total. The summed E-state index contributed by atoms with van der Waals surface area (Å²) in [6.07, 6.45) is 8.88. The van der Waals surface area contributed by atoms with Crippen LogP contribution in [0.1, 0.15) is 43.5 Å². The fourth-order valence-electron chi connectivity index (χ4n) is 2.86. The third-order valence-corrected chi connectivity index (χ3v) is 3.88. The van der Waals surface area contributed by atoms with E-state index in [1.54, 1.807) is 0 Å².